The molecular formula is C50H56Cl2F2N12O6S. The lowest BCUT2D eigenvalue weighted by atomic mass is 10.1. The molecule has 6 heterocycles. The molecule has 0 aliphatic carbocycles. The Bertz CT molecular complexity index is 3390. The van der Waals surface area contributed by atoms with Crippen LogP contribution < -0.4 is 31.6 Å². The van der Waals surface area contributed by atoms with Crippen LogP contribution in [0, 0.1) is 39.1 Å². The van der Waals surface area contributed by atoms with Gasteiger partial charge >= 0.3 is 12.2 Å². The Morgan fingerprint density at radius 1 is 0.781 bits per heavy atom. The number of amides is 2. The van der Waals surface area contributed by atoms with Gasteiger partial charge in [0.15, 0.2) is 4.77 Å². The number of H-pyrrole nitrogens is 1. The summed E-state index contributed by atoms with van der Waals surface area (Å²) in [5.41, 5.74) is 0.433. The number of hydrogen-bond acceptors (Lipinski definition) is 12. The molecule has 23 heteroatoms. The summed E-state index contributed by atoms with van der Waals surface area (Å²) in [6, 6.07) is 12.0. The Kier molecular flexibility index (Phi) is 16.0. The molecule has 2 saturated heterocycles. The van der Waals surface area contributed by atoms with E-state index in [4.69, 9.17) is 44.9 Å². The maximum absolute atomic E-state index is 14.1. The number of halogens is 4. The van der Waals surface area contributed by atoms with Gasteiger partial charge in [-0.1, -0.05) is 23.2 Å². The van der Waals surface area contributed by atoms with Crippen LogP contribution >= 0.6 is 35.4 Å². The fourth-order valence-electron chi connectivity index (χ4n) is 9.06. The minimum atomic E-state index is -0.638. The summed E-state index contributed by atoms with van der Waals surface area (Å²) < 4.78 is 45.1. The Morgan fingerprint density at radius 2 is 1.25 bits per heavy atom. The zero-order valence-corrected chi connectivity index (χ0v) is 44.0. The van der Waals surface area contributed by atoms with Crippen LogP contribution in [-0.4, -0.2) is 89.9 Å². The molecule has 2 fully saturated rings. The minimum absolute atomic E-state index is 0.0463. The summed E-state index contributed by atoms with van der Waals surface area (Å²) in [5, 5.41) is 26.8. The van der Waals surface area contributed by atoms with Gasteiger partial charge < -0.3 is 48.6 Å². The summed E-state index contributed by atoms with van der Waals surface area (Å²) >= 11 is 18.0. The van der Waals surface area contributed by atoms with Crippen molar-refractivity contribution in [1.82, 2.24) is 38.9 Å². The zero-order chi connectivity index (χ0) is 53.3. The van der Waals surface area contributed by atoms with Gasteiger partial charge in [0.2, 0.25) is 0 Å². The third-order valence-electron chi connectivity index (χ3n) is 12.2. The van der Waals surface area contributed by atoms with Gasteiger partial charge in [0.05, 0.1) is 24.9 Å². The molecule has 0 bridgehead atoms. The highest BCUT2D eigenvalue weighted by Crippen LogP contribution is 2.36. The van der Waals surface area contributed by atoms with Gasteiger partial charge in [-0.15, -0.1) is 0 Å². The Hall–Kier alpha value is -6.94. The summed E-state index contributed by atoms with van der Waals surface area (Å²) in [6.07, 6.45) is 3.24. The van der Waals surface area contributed by atoms with Crippen molar-refractivity contribution in [1.29, 1.82) is 10.5 Å². The first-order valence-corrected chi connectivity index (χ1v) is 24.6. The van der Waals surface area contributed by atoms with Crippen LogP contribution in [0.2, 0.25) is 10.0 Å². The van der Waals surface area contributed by atoms with E-state index in [1.54, 1.807) is 64.8 Å². The van der Waals surface area contributed by atoms with E-state index in [1.807, 2.05) is 9.80 Å². The quantitative estimate of drug-likeness (QED) is 0.122. The third kappa shape index (κ3) is 12.1. The molecule has 0 unspecified atom stereocenters. The number of nitriles is 2. The second kappa shape index (κ2) is 21.6. The molecule has 2 aromatic carbocycles. The number of aromatic amines is 1. The summed E-state index contributed by atoms with van der Waals surface area (Å²) in [5.74, 6) is 0.0325. The topological polar surface area (TPSA) is 213 Å². The number of nitrogens with zero attached hydrogens (tertiary/aromatic N) is 9. The van der Waals surface area contributed by atoms with Crippen LogP contribution in [0.25, 0.3) is 22.1 Å². The molecule has 0 saturated carbocycles. The fraction of sp³-hybridized carbons (Fsp3) is 0.440. The van der Waals surface area contributed by atoms with Gasteiger partial charge in [-0.2, -0.15) is 10.5 Å². The monoisotopic (exact) mass is 1060 g/mol. The molecule has 4 aromatic heterocycles. The number of anilines is 2. The molecule has 8 rings (SSSR count). The predicted octanol–water partition coefficient (Wildman–Crippen LogP) is 8.54. The van der Waals surface area contributed by atoms with Gasteiger partial charge in [0.25, 0.3) is 11.1 Å². The molecule has 6 aromatic rings. The third-order valence-corrected chi connectivity index (χ3v) is 13.3. The van der Waals surface area contributed by atoms with Crippen molar-refractivity contribution in [3.63, 3.8) is 0 Å². The highest BCUT2D eigenvalue weighted by atomic mass is 35.5. The van der Waals surface area contributed by atoms with Crippen LogP contribution in [0.3, 0.4) is 0 Å². The van der Waals surface area contributed by atoms with Gasteiger partial charge in [0.1, 0.15) is 74.3 Å². The van der Waals surface area contributed by atoms with Crippen LogP contribution in [0.4, 0.5) is 30.0 Å². The lowest BCUT2D eigenvalue weighted by Gasteiger charge is -2.35. The number of ether oxygens (including phenoxy) is 2. The first-order chi connectivity index (χ1) is 34.4. The number of fused-ring (bicyclic) bond motifs is 2. The van der Waals surface area contributed by atoms with E-state index in [9.17, 15) is 38.5 Å². The summed E-state index contributed by atoms with van der Waals surface area (Å²) in [7, 11) is 3.12. The summed E-state index contributed by atoms with van der Waals surface area (Å²) in [6.45, 7) is 12.8. The number of rotatable bonds is 8. The van der Waals surface area contributed by atoms with Crippen molar-refractivity contribution in [3.05, 3.63) is 112 Å². The highest BCUT2D eigenvalue weighted by molar-refractivity contribution is 7.71. The van der Waals surface area contributed by atoms with Crippen LogP contribution in [-0.2, 0) is 36.7 Å². The van der Waals surface area contributed by atoms with Crippen LogP contribution in [0.15, 0.2) is 52.3 Å². The predicted molar refractivity (Wildman–Crippen MR) is 277 cm³/mol. The lowest BCUT2D eigenvalue weighted by molar-refractivity contribution is 0.0488. The van der Waals surface area contributed by atoms with E-state index < -0.39 is 40.6 Å². The van der Waals surface area contributed by atoms with Gasteiger partial charge in [-0.05, 0) is 127 Å². The van der Waals surface area contributed by atoms with E-state index in [1.165, 1.54) is 51.9 Å². The molecule has 0 radical (unpaired) electrons. The van der Waals surface area contributed by atoms with Crippen LogP contribution in [0.5, 0.6) is 0 Å². The molecule has 3 N–H and O–H groups in total. The zero-order valence-electron chi connectivity index (χ0n) is 41.7. The molecule has 2 aliphatic rings. The van der Waals surface area contributed by atoms with Gasteiger partial charge in [-0.25, -0.2) is 23.4 Å². The lowest BCUT2D eigenvalue weighted by Crippen LogP contribution is -2.49. The standard InChI is InChI=1S/C25H28ClFN6O3S.C25H28ClFN6O3/c1-25(2,3)36-24(35)29-16-6-5-9-32(13-16)21-17(11-28)19-20(22(34)31(4)23(37)30-19)33(21)12-14-10-15(27)7-8-18(14)26;1-25(2,3)36-24(35)30-17-6-5-9-32(13-17)22-18(11-28)20-21(23(34)31(4)14-29-20)33(22)12-15-10-16(27)7-8-19(15)26/h7-8,10,16H,5-6,9,12-13H2,1-4H3,(H,29,35)(H,30,37);7-8,10,14,17H,5-6,9,12-13H2,1-4H3,(H,30,35)/t16-;17-/m11/s1. The highest BCUT2D eigenvalue weighted by Gasteiger charge is 2.33. The normalized spacial score (nSPS) is 16.1. The smallest absolute Gasteiger partial charge is 0.407 e. The second-order valence-corrected chi connectivity index (χ2v) is 21.2. The summed E-state index contributed by atoms with van der Waals surface area (Å²) in [4.78, 5) is 62.6. The van der Waals surface area contributed by atoms with Gasteiger partial charge in [-0.3, -0.25) is 14.2 Å². The fourth-order valence-corrected chi connectivity index (χ4v) is 9.60. The maximum Gasteiger partial charge on any atom is 0.407 e. The van der Waals surface area contributed by atoms with Crippen molar-refractivity contribution in [2.45, 2.75) is 104 Å². The molecule has 2 aliphatic heterocycles. The van der Waals surface area contributed by atoms with E-state index >= 15 is 0 Å². The van der Waals surface area contributed by atoms with Crippen LogP contribution in [0.1, 0.15) is 89.5 Å². The maximum atomic E-state index is 14.1. The Labute approximate surface area is 434 Å². The first-order valence-electron chi connectivity index (χ1n) is 23.5. The van der Waals surface area contributed by atoms with E-state index in [0.29, 0.717) is 64.5 Å². The number of alkyl carbamates (subject to hydrolysis) is 2. The van der Waals surface area contributed by atoms with E-state index in [2.05, 4.69) is 32.7 Å². The van der Waals surface area contributed by atoms with Crippen molar-refractivity contribution in [2.75, 3.05) is 36.0 Å². The van der Waals surface area contributed by atoms with E-state index in [-0.39, 0.29) is 63.2 Å². The number of carbonyl (C=O) groups is 2. The number of piperidine rings is 2. The number of benzene rings is 2. The second-order valence-electron chi connectivity index (χ2n) is 20.0. The molecule has 73 heavy (non-hydrogen) atoms. The van der Waals surface area contributed by atoms with Crippen molar-refractivity contribution in [3.8, 4) is 12.1 Å². The largest absolute Gasteiger partial charge is 0.444 e. The van der Waals surface area contributed by atoms with Crippen molar-refractivity contribution >= 4 is 81.3 Å². The SMILES string of the molecule is Cn1c(=S)[nH]c2c(C#N)c(N3CCC[C@@H](NC(=O)OC(C)(C)C)C3)n(Cc3cc(F)ccc3Cl)c2c1=O.Cn1cnc2c(C#N)c(N3CCC[C@@H](NC(=O)OC(C)(C)C)C3)n(Cc3cc(F)ccc3Cl)c2c1=O. The number of nitrogens with one attached hydrogen (secondary N) is 3. The van der Waals surface area contributed by atoms with E-state index in [0.717, 1.165) is 25.7 Å². The average Bonchev–Trinajstić information content (AvgIpc) is 3.79. The molecule has 2 atom stereocenters. The number of hydrogen-bond donors (Lipinski definition) is 3. The number of aryl methyl sites for hydroxylation is 1. The molecule has 2 amide bonds. The molecule has 18 nitrogen and oxygen atoms in total. The number of carbonyl (C=O) groups excluding carboxylic acids is 2. The van der Waals surface area contributed by atoms with Gasteiger partial charge in [0, 0.05) is 62.4 Å². The minimum Gasteiger partial charge on any atom is -0.444 e. The first kappa shape index (κ1) is 53.8. The number of aromatic nitrogens is 6. The van der Waals surface area contributed by atoms with Crippen molar-refractivity contribution < 1.29 is 27.8 Å². The molecule has 0 spiro atoms. The Balaban J connectivity index is 0.000000214. The Morgan fingerprint density at radius 3 is 1.71 bits per heavy atom. The molecular weight excluding hydrogens is 1010 g/mol. The molecule has 386 valence electrons. The van der Waals surface area contributed by atoms with Crippen molar-refractivity contribution in [2.24, 2.45) is 14.1 Å². The average molecular weight is 1060 g/mol.